The van der Waals surface area contributed by atoms with Crippen molar-refractivity contribution in [3.05, 3.63) is 23.5 Å². The van der Waals surface area contributed by atoms with Crippen molar-refractivity contribution in [3.63, 3.8) is 0 Å². The number of aliphatic carboxylic acids is 1. The minimum Gasteiger partial charge on any atom is -0.480 e. The Morgan fingerprint density at radius 2 is 2.09 bits per heavy atom. The second-order valence-corrected chi connectivity index (χ2v) is 6.46. The van der Waals surface area contributed by atoms with Crippen LogP contribution in [0.3, 0.4) is 0 Å². The molecule has 0 aromatic carbocycles. The summed E-state index contributed by atoms with van der Waals surface area (Å²) < 4.78 is 5.08. The molecule has 1 heterocycles. The van der Waals surface area contributed by atoms with E-state index in [1.54, 1.807) is 27.0 Å². The van der Waals surface area contributed by atoms with Gasteiger partial charge < -0.3 is 20.9 Å². The number of amides is 1. The van der Waals surface area contributed by atoms with Crippen LogP contribution in [-0.4, -0.2) is 33.8 Å². The lowest BCUT2D eigenvalue weighted by Crippen LogP contribution is -2.43. The summed E-state index contributed by atoms with van der Waals surface area (Å²) >= 11 is 0. The Kier molecular flexibility index (Phi) is 6.36. The van der Waals surface area contributed by atoms with Crippen molar-refractivity contribution >= 4 is 17.7 Å². The number of carboxylic acid groups (broad SMARTS) is 1. The average Bonchev–Trinajstić information content (AvgIpc) is 2.37. The zero-order valence-corrected chi connectivity index (χ0v) is 14.0. The van der Waals surface area contributed by atoms with Gasteiger partial charge in [-0.1, -0.05) is 0 Å². The fourth-order valence-corrected chi connectivity index (χ4v) is 2.07. The molecule has 1 unspecified atom stereocenters. The molecule has 0 fully saturated rings. The summed E-state index contributed by atoms with van der Waals surface area (Å²) in [5, 5.41) is 11.6. The molecule has 23 heavy (non-hydrogen) atoms. The minimum absolute atomic E-state index is 0.292. The van der Waals surface area contributed by atoms with Crippen molar-refractivity contribution in [2.24, 2.45) is 0 Å². The Morgan fingerprint density at radius 3 is 2.61 bits per heavy atom. The van der Waals surface area contributed by atoms with Gasteiger partial charge in [-0.05, 0) is 58.6 Å². The molecule has 0 radical (unpaired) electrons. The van der Waals surface area contributed by atoms with Crippen LogP contribution in [-0.2, 0) is 16.0 Å². The summed E-state index contributed by atoms with van der Waals surface area (Å²) in [4.78, 5) is 27.2. The van der Waals surface area contributed by atoms with Gasteiger partial charge in [0.2, 0.25) is 0 Å². The number of rotatable bonds is 6. The lowest BCUT2D eigenvalue weighted by molar-refractivity contribution is -0.139. The largest absolute Gasteiger partial charge is 0.480 e. The summed E-state index contributed by atoms with van der Waals surface area (Å²) in [6.07, 6.45) is 2.33. The number of hydrogen-bond acceptors (Lipinski definition) is 5. The molecule has 1 aromatic heterocycles. The number of nitrogens with one attached hydrogen (secondary N) is 1. The molecule has 7 heteroatoms. The SMILES string of the molecule is Cc1cc(N)cnc1CCCC(NC(=O)OC(C)(C)C)C(=O)O. The molecule has 0 aliphatic rings. The minimum atomic E-state index is -1.09. The molecule has 0 saturated carbocycles. The highest BCUT2D eigenvalue weighted by Gasteiger charge is 2.23. The fraction of sp³-hybridized carbons (Fsp3) is 0.562. The molecule has 0 bridgehead atoms. The number of nitrogens with two attached hydrogens (primary N) is 1. The van der Waals surface area contributed by atoms with Gasteiger partial charge in [0.1, 0.15) is 11.6 Å². The number of carboxylic acids is 1. The number of aryl methyl sites for hydroxylation is 2. The molecule has 1 aromatic rings. The molecule has 4 N–H and O–H groups in total. The Labute approximate surface area is 136 Å². The molecule has 1 atom stereocenters. The lowest BCUT2D eigenvalue weighted by Gasteiger charge is -2.22. The summed E-state index contributed by atoms with van der Waals surface area (Å²) in [6, 6.07) is 0.842. The van der Waals surface area contributed by atoms with E-state index in [1.165, 1.54) is 0 Å². The standard InChI is InChI=1S/C16H25N3O4/c1-10-8-11(17)9-18-12(10)6-5-7-13(14(20)21)19-15(22)23-16(2,3)4/h8-9,13H,5-7,17H2,1-4H3,(H,19,22)(H,20,21). The van der Waals surface area contributed by atoms with Crippen molar-refractivity contribution in [1.82, 2.24) is 10.3 Å². The van der Waals surface area contributed by atoms with Crippen LogP contribution in [0.1, 0.15) is 44.9 Å². The Bertz CT molecular complexity index is 567. The summed E-state index contributed by atoms with van der Waals surface area (Å²) in [5.41, 5.74) is 7.42. The average molecular weight is 323 g/mol. The number of carbonyl (C=O) groups excluding carboxylic acids is 1. The van der Waals surface area contributed by atoms with E-state index in [2.05, 4.69) is 10.3 Å². The quantitative estimate of drug-likeness (QED) is 0.740. The van der Waals surface area contributed by atoms with E-state index < -0.39 is 23.7 Å². The Morgan fingerprint density at radius 1 is 1.43 bits per heavy atom. The molecule has 0 aliphatic carbocycles. The van der Waals surface area contributed by atoms with Gasteiger partial charge in [-0.15, -0.1) is 0 Å². The molecule has 0 saturated heterocycles. The van der Waals surface area contributed by atoms with Crippen LogP contribution in [0.4, 0.5) is 10.5 Å². The first-order chi connectivity index (χ1) is 10.6. The van der Waals surface area contributed by atoms with Crippen molar-refractivity contribution < 1.29 is 19.4 Å². The molecule has 1 amide bonds. The maximum atomic E-state index is 11.7. The van der Waals surface area contributed by atoms with Crippen molar-refractivity contribution in [2.45, 2.75) is 58.6 Å². The predicted molar refractivity (Wildman–Crippen MR) is 87.1 cm³/mol. The molecule has 128 valence electrons. The molecule has 0 spiro atoms. The number of anilines is 1. The van der Waals surface area contributed by atoms with Crippen molar-refractivity contribution in [3.8, 4) is 0 Å². The topological polar surface area (TPSA) is 115 Å². The molecular weight excluding hydrogens is 298 g/mol. The maximum Gasteiger partial charge on any atom is 0.408 e. The zero-order chi connectivity index (χ0) is 17.6. The van der Waals surface area contributed by atoms with Gasteiger partial charge in [-0.3, -0.25) is 4.98 Å². The second-order valence-electron chi connectivity index (χ2n) is 6.46. The van der Waals surface area contributed by atoms with Gasteiger partial charge in [0, 0.05) is 5.69 Å². The third-order valence-electron chi connectivity index (χ3n) is 3.10. The van der Waals surface area contributed by atoms with E-state index in [0.717, 1.165) is 11.3 Å². The summed E-state index contributed by atoms with van der Waals surface area (Å²) in [5.74, 6) is -1.09. The van der Waals surface area contributed by atoms with Crippen molar-refractivity contribution in [2.75, 3.05) is 5.73 Å². The van der Waals surface area contributed by atoms with Crippen LogP contribution in [0, 0.1) is 6.92 Å². The van der Waals surface area contributed by atoms with Crippen molar-refractivity contribution in [1.29, 1.82) is 0 Å². The predicted octanol–water partition coefficient (Wildman–Crippen LogP) is 2.27. The van der Waals surface area contributed by atoms with Gasteiger partial charge in [-0.25, -0.2) is 9.59 Å². The summed E-state index contributed by atoms with van der Waals surface area (Å²) in [7, 11) is 0. The van der Waals surface area contributed by atoms with Crippen LogP contribution in [0.25, 0.3) is 0 Å². The fourth-order valence-electron chi connectivity index (χ4n) is 2.07. The first-order valence-electron chi connectivity index (χ1n) is 7.52. The Balaban J connectivity index is 2.53. The molecule has 7 nitrogen and oxygen atoms in total. The van der Waals surface area contributed by atoms with Gasteiger partial charge in [0.25, 0.3) is 0 Å². The highest BCUT2D eigenvalue weighted by Crippen LogP contribution is 2.13. The first-order valence-corrected chi connectivity index (χ1v) is 7.52. The number of nitrogen functional groups attached to an aromatic ring is 1. The van der Waals surface area contributed by atoms with Gasteiger partial charge in [-0.2, -0.15) is 0 Å². The second kappa shape index (κ2) is 7.80. The van der Waals surface area contributed by atoms with Gasteiger partial charge >= 0.3 is 12.1 Å². The van der Waals surface area contributed by atoms with Gasteiger partial charge in [0.05, 0.1) is 11.9 Å². The smallest absolute Gasteiger partial charge is 0.408 e. The monoisotopic (exact) mass is 323 g/mol. The normalized spacial score (nSPS) is 12.5. The van der Waals surface area contributed by atoms with Crippen LogP contribution < -0.4 is 11.1 Å². The van der Waals surface area contributed by atoms with Gasteiger partial charge in [0.15, 0.2) is 0 Å². The highest BCUT2D eigenvalue weighted by atomic mass is 16.6. The number of alkyl carbamates (subject to hydrolysis) is 1. The molecule has 1 rings (SSSR count). The highest BCUT2D eigenvalue weighted by molar-refractivity contribution is 5.79. The van der Waals surface area contributed by atoms with E-state index in [4.69, 9.17) is 10.5 Å². The van der Waals surface area contributed by atoms with E-state index in [0.29, 0.717) is 24.9 Å². The number of aromatic nitrogens is 1. The third kappa shape index (κ3) is 6.99. The van der Waals surface area contributed by atoms with Crippen LogP contribution in [0.2, 0.25) is 0 Å². The number of hydrogen-bond donors (Lipinski definition) is 3. The summed E-state index contributed by atoms with van der Waals surface area (Å²) in [6.45, 7) is 7.07. The van der Waals surface area contributed by atoms with E-state index in [-0.39, 0.29) is 0 Å². The first kappa shape index (κ1) is 18.7. The molecule has 0 aliphatic heterocycles. The van der Waals surface area contributed by atoms with Crippen LogP contribution in [0.5, 0.6) is 0 Å². The number of carbonyl (C=O) groups is 2. The lowest BCUT2D eigenvalue weighted by atomic mass is 10.1. The number of ether oxygens (including phenoxy) is 1. The van der Waals surface area contributed by atoms with E-state index in [1.807, 2.05) is 13.0 Å². The maximum absolute atomic E-state index is 11.7. The van der Waals surface area contributed by atoms with Crippen LogP contribution in [0.15, 0.2) is 12.3 Å². The Hall–Kier alpha value is -2.31. The van der Waals surface area contributed by atoms with E-state index in [9.17, 15) is 14.7 Å². The van der Waals surface area contributed by atoms with E-state index >= 15 is 0 Å². The number of pyridine rings is 1. The number of nitrogens with zero attached hydrogens (tertiary/aromatic N) is 1. The van der Waals surface area contributed by atoms with Crippen LogP contribution >= 0.6 is 0 Å². The third-order valence-corrected chi connectivity index (χ3v) is 3.10. The zero-order valence-electron chi connectivity index (χ0n) is 14.0. The molecular formula is C16H25N3O4.